The highest BCUT2D eigenvalue weighted by molar-refractivity contribution is 6.31. The van der Waals surface area contributed by atoms with Gasteiger partial charge in [-0.2, -0.15) is 0 Å². The van der Waals surface area contributed by atoms with Crippen molar-refractivity contribution < 1.29 is 9.59 Å². The Morgan fingerprint density at radius 2 is 1.80 bits per heavy atom. The van der Waals surface area contributed by atoms with E-state index in [9.17, 15) is 9.59 Å². The van der Waals surface area contributed by atoms with Gasteiger partial charge in [-0.3, -0.25) is 9.59 Å². The van der Waals surface area contributed by atoms with Crippen LogP contribution in [0.3, 0.4) is 0 Å². The second kappa shape index (κ2) is 9.19. The van der Waals surface area contributed by atoms with Gasteiger partial charge < -0.3 is 16.0 Å². The molecule has 2 atom stereocenters. The van der Waals surface area contributed by atoms with Gasteiger partial charge in [-0.15, -0.1) is 0 Å². The zero-order valence-electron chi connectivity index (χ0n) is 17.0. The van der Waals surface area contributed by atoms with Crippen molar-refractivity contribution in [2.24, 2.45) is 11.7 Å². The van der Waals surface area contributed by atoms with Gasteiger partial charge in [-0.25, -0.2) is 0 Å². The van der Waals surface area contributed by atoms with E-state index < -0.39 is 0 Å². The minimum absolute atomic E-state index is 0.0344. The summed E-state index contributed by atoms with van der Waals surface area (Å²) in [5.41, 5.74) is 8.60. The van der Waals surface area contributed by atoms with Crippen molar-refractivity contribution in [1.82, 2.24) is 4.90 Å². The number of amides is 2. The summed E-state index contributed by atoms with van der Waals surface area (Å²) in [7, 11) is 0. The van der Waals surface area contributed by atoms with Crippen LogP contribution in [0.25, 0.3) is 0 Å². The van der Waals surface area contributed by atoms with Crippen molar-refractivity contribution in [1.29, 1.82) is 0 Å². The molecule has 2 fully saturated rings. The molecule has 2 aliphatic carbocycles. The third-order valence-electron chi connectivity index (χ3n) is 6.02. The SMILES string of the molecule is NC1CCCCC1N(Cc1cccc(NC(=O)c2cccc(Cl)c2)c1)C(=O)C1CC1. The van der Waals surface area contributed by atoms with Gasteiger partial charge in [-0.05, 0) is 61.6 Å². The largest absolute Gasteiger partial charge is 0.334 e. The summed E-state index contributed by atoms with van der Waals surface area (Å²) in [5, 5.41) is 3.45. The summed E-state index contributed by atoms with van der Waals surface area (Å²) in [5.74, 6) is 0.172. The molecule has 4 rings (SSSR count). The van der Waals surface area contributed by atoms with Crippen LogP contribution >= 0.6 is 11.6 Å². The number of hydrogen-bond donors (Lipinski definition) is 2. The summed E-state index contributed by atoms with van der Waals surface area (Å²) in [4.78, 5) is 27.6. The van der Waals surface area contributed by atoms with Crippen LogP contribution in [-0.2, 0) is 11.3 Å². The molecule has 158 valence electrons. The average Bonchev–Trinajstić information content (AvgIpc) is 3.58. The number of halogens is 1. The van der Waals surface area contributed by atoms with Gasteiger partial charge in [0.15, 0.2) is 0 Å². The average molecular weight is 426 g/mol. The molecule has 2 aromatic carbocycles. The second-order valence-electron chi connectivity index (χ2n) is 8.42. The minimum atomic E-state index is -0.213. The van der Waals surface area contributed by atoms with Gasteiger partial charge in [0.25, 0.3) is 5.91 Å². The number of carbonyl (C=O) groups excluding carboxylic acids is 2. The van der Waals surface area contributed by atoms with Crippen LogP contribution in [0.4, 0.5) is 5.69 Å². The molecular weight excluding hydrogens is 398 g/mol. The Hall–Kier alpha value is -2.37. The molecule has 2 aromatic rings. The van der Waals surface area contributed by atoms with E-state index in [-0.39, 0.29) is 29.8 Å². The van der Waals surface area contributed by atoms with Gasteiger partial charge >= 0.3 is 0 Å². The number of benzene rings is 2. The van der Waals surface area contributed by atoms with E-state index in [2.05, 4.69) is 5.32 Å². The zero-order chi connectivity index (χ0) is 21.1. The van der Waals surface area contributed by atoms with Crippen LogP contribution in [-0.4, -0.2) is 28.8 Å². The molecule has 0 radical (unpaired) electrons. The Morgan fingerprint density at radius 1 is 1.03 bits per heavy atom. The number of nitrogens with one attached hydrogen (secondary N) is 1. The van der Waals surface area contributed by atoms with Gasteiger partial charge in [0, 0.05) is 40.8 Å². The molecule has 0 aliphatic heterocycles. The highest BCUT2D eigenvalue weighted by Crippen LogP contribution is 2.34. The fourth-order valence-corrected chi connectivity index (χ4v) is 4.42. The third kappa shape index (κ3) is 5.02. The monoisotopic (exact) mass is 425 g/mol. The Morgan fingerprint density at radius 3 is 2.53 bits per heavy atom. The molecule has 2 aliphatic rings. The van der Waals surface area contributed by atoms with Crippen molar-refractivity contribution in [3.05, 3.63) is 64.7 Å². The maximum Gasteiger partial charge on any atom is 0.255 e. The topological polar surface area (TPSA) is 75.4 Å². The van der Waals surface area contributed by atoms with E-state index in [0.29, 0.717) is 22.8 Å². The molecule has 30 heavy (non-hydrogen) atoms. The maximum atomic E-state index is 13.0. The van der Waals surface area contributed by atoms with Crippen LogP contribution in [0, 0.1) is 5.92 Å². The molecule has 6 heteroatoms. The number of anilines is 1. The first kappa shape index (κ1) is 20.9. The zero-order valence-corrected chi connectivity index (χ0v) is 17.8. The van der Waals surface area contributed by atoms with Crippen LogP contribution in [0.2, 0.25) is 5.02 Å². The van der Waals surface area contributed by atoms with E-state index in [0.717, 1.165) is 44.1 Å². The lowest BCUT2D eigenvalue weighted by atomic mass is 9.89. The molecule has 2 unspecified atom stereocenters. The molecule has 0 aromatic heterocycles. The van der Waals surface area contributed by atoms with Crippen molar-refractivity contribution in [3.8, 4) is 0 Å². The quantitative estimate of drug-likeness (QED) is 0.710. The van der Waals surface area contributed by atoms with Gasteiger partial charge in [0.1, 0.15) is 0 Å². The maximum absolute atomic E-state index is 13.0. The predicted molar refractivity (Wildman–Crippen MR) is 119 cm³/mol. The van der Waals surface area contributed by atoms with E-state index in [1.165, 1.54) is 0 Å². The summed E-state index contributed by atoms with van der Waals surface area (Å²) in [6.07, 6.45) is 6.14. The lowest BCUT2D eigenvalue weighted by Gasteiger charge is -2.38. The summed E-state index contributed by atoms with van der Waals surface area (Å²) >= 11 is 5.99. The minimum Gasteiger partial charge on any atom is -0.334 e. The Kier molecular flexibility index (Phi) is 6.40. The van der Waals surface area contributed by atoms with Crippen molar-refractivity contribution in [3.63, 3.8) is 0 Å². The molecule has 0 heterocycles. The molecule has 0 saturated heterocycles. The number of nitrogens with zero attached hydrogens (tertiary/aromatic N) is 1. The van der Waals surface area contributed by atoms with Crippen molar-refractivity contribution >= 4 is 29.1 Å². The number of hydrogen-bond acceptors (Lipinski definition) is 3. The van der Waals surface area contributed by atoms with E-state index >= 15 is 0 Å². The highest BCUT2D eigenvalue weighted by Gasteiger charge is 2.38. The van der Waals surface area contributed by atoms with Crippen LogP contribution in [0.5, 0.6) is 0 Å². The van der Waals surface area contributed by atoms with Crippen LogP contribution in [0.1, 0.15) is 54.4 Å². The van der Waals surface area contributed by atoms with Crippen LogP contribution in [0.15, 0.2) is 48.5 Å². The van der Waals surface area contributed by atoms with E-state index in [4.69, 9.17) is 17.3 Å². The molecule has 5 nitrogen and oxygen atoms in total. The van der Waals surface area contributed by atoms with Gasteiger partial charge in [0.05, 0.1) is 0 Å². The van der Waals surface area contributed by atoms with E-state index in [1.807, 2.05) is 29.2 Å². The smallest absolute Gasteiger partial charge is 0.255 e. The normalized spacial score (nSPS) is 21.1. The van der Waals surface area contributed by atoms with Crippen LogP contribution < -0.4 is 11.1 Å². The standard InChI is InChI=1S/C24H28ClN3O2/c25-19-7-4-6-18(14-19)23(29)27-20-8-3-5-16(13-20)15-28(24(30)17-11-12-17)22-10-2-1-9-21(22)26/h3-8,13-14,17,21-22H,1-2,9-12,15,26H2,(H,27,29). The molecule has 2 amide bonds. The number of nitrogens with two attached hydrogens (primary N) is 1. The van der Waals surface area contributed by atoms with Crippen molar-refractivity contribution in [2.45, 2.75) is 57.2 Å². The lowest BCUT2D eigenvalue weighted by Crippen LogP contribution is -2.52. The molecule has 2 saturated carbocycles. The second-order valence-corrected chi connectivity index (χ2v) is 8.86. The first-order chi connectivity index (χ1) is 14.5. The molecular formula is C24H28ClN3O2. The van der Waals surface area contributed by atoms with Gasteiger partial charge in [0.2, 0.25) is 5.91 Å². The van der Waals surface area contributed by atoms with Gasteiger partial charge in [-0.1, -0.05) is 42.6 Å². The van der Waals surface area contributed by atoms with E-state index in [1.54, 1.807) is 24.3 Å². The molecule has 0 bridgehead atoms. The predicted octanol–water partition coefficient (Wildman–Crippen LogP) is 4.60. The molecule has 0 spiro atoms. The Bertz CT molecular complexity index is 928. The molecule has 3 N–H and O–H groups in total. The lowest BCUT2D eigenvalue weighted by molar-refractivity contribution is -0.136. The number of carbonyl (C=O) groups is 2. The fourth-order valence-electron chi connectivity index (χ4n) is 4.23. The Balaban J connectivity index is 1.50. The summed E-state index contributed by atoms with van der Waals surface area (Å²) in [6, 6.07) is 14.7. The third-order valence-corrected chi connectivity index (χ3v) is 6.25. The van der Waals surface area contributed by atoms with Crippen molar-refractivity contribution in [2.75, 3.05) is 5.32 Å². The number of rotatable bonds is 6. The summed E-state index contributed by atoms with van der Waals surface area (Å²) < 4.78 is 0. The fraction of sp³-hybridized carbons (Fsp3) is 0.417. The first-order valence-electron chi connectivity index (χ1n) is 10.7. The highest BCUT2D eigenvalue weighted by atomic mass is 35.5. The summed E-state index contributed by atoms with van der Waals surface area (Å²) in [6.45, 7) is 0.522. The Labute approximate surface area is 182 Å². The first-order valence-corrected chi connectivity index (χ1v) is 11.1.